The van der Waals surface area contributed by atoms with Crippen molar-refractivity contribution in [2.75, 3.05) is 6.61 Å². The third kappa shape index (κ3) is 4.14. The lowest BCUT2D eigenvalue weighted by Crippen LogP contribution is -2.52. The van der Waals surface area contributed by atoms with Gasteiger partial charge in [-0.05, 0) is 29.1 Å². The number of carbonyl (C=O) groups is 1. The quantitative estimate of drug-likeness (QED) is 0.457. The molecule has 0 aliphatic rings. The summed E-state index contributed by atoms with van der Waals surface area (Å²) in [6, 6.07) is 0. The second-order valence-electron chi connectivity index (χ2n) is 7.32. The Kier molecular flexibility index (Phi) is 7.94. The molecule has 0 unspecified atom stereocenters. The Balaban J connectivity index is 5.62. The summed E-state index contributed by atoms with van der Waals surface area (Å²) in [6.07, 6.45) is 1.46. The van der Waals surface area contributed by atoms with Crippen LogP contribution in [-0.4, -0.2) is 36.7 Å². The third-order valence-electron chi connectivity index (χ3n) is 5.02. The van der Waals surface area contributed by atoms with Gasteiger partial charge in [0.25, 0.3) is 0 Å². The van der Waals surface area contributed by atoms with E-state index in [-0.39, 0.29) is 12.2 Å². The Labute approximate surface area is 142 Å². The van der Waals surface area contributed by atoms with Gasteiger partial charge in [0.15, 0.2) is 13.9 Å². The van der Waals surface area contributed by atoms with Gasteiger partial charge in [-0.25, -0.2) is 4.79 Å². The van der Waals surface area contributed by atoms with Crippen molar-refractivity contribution in [2.24, 2.45) is 5.92 Å². The maximum absolute atomic E-state index is 11.6. The van der Waals surface area contributed by atoms with Crippen molar-refractivity contribution in [2.45, 2.75) is 70.7 Å². The van der Waals surface area contributed by atoms with Crippen LogP contribution in [0.3, 0.4) is 0 Å². The van der Waals surface area contributed by atoms with E-state index in [2.05, 4.69) is 54.7 Å². The molecule has 0 saturated heterocycles. The zero-order valence-corrected chi connectivity index (χ0v) is 16.7. The lowest BCUT2D eigenvalue weighted by molar-refractivity contribution is -0.159. The van der Waals surface area contributed by atoms with Crippen molar-refractivity contribution in [3.05, 3.63) is 24.8 Å². The fraction of sp³-hybridized carbons (Fsp3) is 0.722. The average Bonchev–Trinajstić information content (AvgIpc) is 2.41. The van der Waals surface area contributed by atoms with Gasteiger partial charge in [0.1, 0.15) is 0 Å². The number of carboxylic acid groups (broad SMARTS) is 1. The van der Waals surface area contributed by atoms with Gasteiger partial charge in [-0.2, -0.15) is 0 Å². The fourth-order valence-electron chi connectivity index (χ4n) is 3.75. The second kappa shape index (κ2) is 8.26. The molecule has 0 radical (unpaired) electrons. The summed E-state index contributed by atoms with van der Waals surface area (Å²) in [5.74, 6) is -2.05. The zero-order chi connectivity index (χ0) is 18.6. The molecule has 0 bridgehead atoms. The molecule has 2 atom stereocenters. The van der Waals surface area contributed by atoms with Gasteiger partial charge in [0.2, 0.25) is 0 Å². The maximum Gasteiger partial charge on any atom is 0.340 e. The maximum atomic E-state index is 11.6. The van der Waals surface area contributed by atoms with Gasteiger partial charge >= 0.3 is 5.97 Å². The Morgan fingerprint density at radius 3 is 1.78 bits per heavy atom. The molecule has 0 aromatic rings. The van der Waals surface area contributed by atoms with E-state index in [4.69, 9.17) is 4.43 Å². The monoisotopic (exact) mass is 342 g/mol. The minimum atomic E-state index is -2.14. The summed E-state index contributed by atoms with van der Waals surface area (Å²) in [5.41, 5.74) is -0.709. The summed E-state index contributed by atoms with van der Waals surface area (Å²) in [6.45, 7) is 22.0. The van der Waals surface area contributed by atoms with E-state index in [0.717, 1.165) is 0 Å². The van der Waals surface area contributed by atoms with Crippen LogP contribution < -0.4 is 0 Å². The molecule has 0 fully saturated rings. The van der Waals surface area contributed by atoms with Crippen molar-refractivity contribution in [1.82, 2.24) is 0 Å². The van der Waals surface area contributed by atoms with Crippen LogP contribution in [0.5, 0.6) is 0 Å². The van der Waals surface area contributed by atoms with Gasteiger partial charge in [-0.15, -0.1) is 6.58 Å². The van der Waals surface area contributed by atoms with E-state index in [1.165, 1.54) is 13.0 Å². The second-order valence-corrected chi connectivity index (χ2v) is 12.8. The van der Waals surface area contributed by atoms with Crippen LogP contribution in [-0.2, 0) is 9.22 Å². The predicted octanol–water partition coefficient (Wildman–Crippen LogP) is 4.37. The van der Waals surface area contributed by atoms with E-state index in [9.17, 15) is 15.0 Å². The summed E-state index contributed by atoms with van der Waals surface area (Å²) < 4.78 is 6.42. The first-order valence-corrected chi connectivity index (χ1v) is 10.4. The molecule has 23 heavy (non-hydrogen) atoms. The smallest absolute Gasteiger partial charge is 0.340 e. The van der Waals surface area contributed by atoms with E-state index in [1.54, 1.807) is 0 Å². The number of hydrogen-bond donors (Lipinski definition) is 2. The van der Waals surface area contributed by atoms with E-state index in [0.29, 0.717) is 16.6 Å². The van der Waals surface area contributed by atoms with Crippen molar-refractivity contribution in [1.29, 1.82) is 0 Å². The molecule has 0 heterocycles. The molecule has 5 heteroatoms. The Hall–Kier alpha value is -0.913. The molecule has 0 aliphatic heterocycles. The van der Waals surface area contributed by atoms with Crippen LogP contribution in [0, 0.1) is 5.92 Å². The van der Waals surface area contributed by atoms with E-state index < -0.39 is 25.8 Å². The summed E-state index contributed by atoms with van der Waals surface area (Å²) in [7, 11) is -2.14. The SMILES string of the molecule is C=C[C@@H](CO[Si](C(C)C)(C(C)C)C(C)C)[C@@](O)(C(=C)C)C(=O)O. The van der Waals surface area contributed by atoms with Gasteiger partial charge in [-0.1, -0.05) is 54.2 Å². The van der Waals surface area contributed by atoms with Crippen LogP contribution in [0.1, 0.15) is 48.5 Å². The molecule has 0 aromatic heterocycles. The Morgan fingerprint density at radius 2 is 1.57 bits per heavy atom. The van der Waals surface area contributed by atoms with Crippen LogP contribution in [0.15, 0.2) is 24.8 Å². The van der Waals surface area contributed by atoms with Crippen LogP contribution in [0.4, 0.5) is 0 Å². The highest BCUT2D eigenvalue weighted by Crippen LogP contribution is 2.43. The standard InChI is InChI=1S/C18H34O4Si/c1-10-16(18(21,12(2)3)17(19)20)11-22-23(13(4)5,14(6)7)15(8)9/h10,13-16,21H,1-2,11H2,3-9H3,(H,19,20)/t16-,18-/m0/s1. The average molecular weight is 343 g/mol. The molecule has 4 nitrogen and oxygen atoms in total. The number of hydrogen-bond acceptors (Lipinski definition) is 3. The number of carboxylic acids is 1. The topological polar surface area (TPSA) is 66.8 Å². The summed E-state index contributed by atoms with van der Waals surface area (Å²) in [4.78, 5) is 11.6. The highest BCUT2D eigenvalue weighted by Gasteiger charge is 2.48. The minimum absolute atomic E-state index is 0.139. The van der Waals surface area contributed by atoms with Crippen LogP contribution in [0.25, 0.3) is 0 Å². The largest absolute Gasteiger partial charge is 0.479 e. The van der Waals surface area contributed by atoms with E-state index >= 15 is 0 Å². The van der Waals surface area contributed by atoms with Crippen molar-refractivity contribution in [3.63, 3.8) is 0 Å². The van der Waals surface area contributed by atoms with Crippen LogP contribution in [0.2, 0.25) is 16.6 Å². The normalized spacial score (nSPS) is 16.5. The molecule has 134 valence electrons. The van der Waals surface area contributed by atoms with E-state index in [1.807, 2.05) is 0 Å². The summed E-state index contributed by atoms with van der Waals surface area (Å²) >= 11 is 0. The highest BCUT2D eigenvalue weighted by molar-refractivity contribution is 6.77. The third-order valence-corrected chi connectivity index (χ3v) is 11.1. The lowest BCUT2D eigenvalue weighted by atomic mass is 9.82. The van der Waals surface area contributed by atoms with Gasteiger partial charge in [0.05, 0.1) is 0 Å². The molecule has 0 saturated carbocycles. The lowest BCUT2D eigenvalue weighted by Gasteiger charge is -2.44. The van der Waals surface area contributed by atoms with Crippen molar-refractivity contribution >= 4 is 14.3 Å². The highest BCUT2D eigenvalue weighted by atomic mass is 28.4. The minimum Gasteiger partial charge on any atom is -0.479 e. The Morgan fingerprint density at radius 1 is 1.17 bits per heavy atom. The first-order valence-electron chi connectivity index (χ1n) is 8.27. The number of aliphatic carboxylic acids is 1. The molecule has 0 spiro atoms. The molecule has 0 amide bonds. The first kappa shape index (κ1) is 22.1. The Bertz CT molecular complexity index is 405. The predicted molar refractivity (Wildman–Crippen MR) is 98.1 cm³/mol. The van der Waals surface area contributed by atoms with Crippen molar-refractivity contribution < 1.29 is 19.4 Å². The number of rotatable bonds is 10. The molecule has 2 N–H and O–H groups in total. The van der Waals surface area contributed by atoms with Crippen LogP contribution >= 0.6 is 0 Å². The van der Waals surface area contributed by atoms with Gasteiger partial charge < -0.3 is 14.6 Å². The van der Waals surface area contributed by atoms with Gasteiger partial charge in [-0.3, -0.25) is 0 Å². The van der Waals surface area contributed by atoms with Gasteiger partial charge in [0, 0.05) is 12.5 Å². The fourth-order valence-corrected chi connectivity index (χ4v) is 9.22. The molecule has 0 aliphatic carbocycles. The molecule has 0 aromatic carbocycles. The molecule has 0 rings (SSSR count). The zero-order valence-electron chi connectivity index (χ0n) is 15.7. The van der Waals surface area contributed by atoms with Crippen molar-refractivity contribution in [3.8, 4) is 0 Å². The summed E-state index contributed by atoms with van der Waals surface area (Å²) in [5, 5.41) is 20.1. The number of aliphatic hydroxyl groups is 1. The molecular formula is C18H34O4Si. The molecular weight excluding hydrogens is 308 g/mol. The first-order chi connectivity index (χ1) is 10.4.